The molecule has 120 valence electrons. The van der Waals surface area contributed by atoms with Gasteiger partial charge in [0.1, 0.15) is 0 Å². The van der Waals surface area contributed by atoms with Crippen LogP contribution in [0.15, 0.2) is 24.3 Å². The first kappa shape index (κ1) is 16.5. The van der Waals surface area contributed by atoms with Crippen LogP contribution in [0.1, 0.15) is 51.9 Å². The Morgan fingerprint density at radius 3 is 2.55 bits per heavy atom. The van der Waals surface area contributed by atoms with Crippen LogP contribution in [0.4, 0.5) is 11.4 Å². The Balaban J connectivity index is 1.69. The van der Waals surface area contributed by atoms with Crippen molar-refractivity contribution in [1.82, 2.24) is 0 Å². The number of non-ortho nitro benzene ring substituents is 1. The molecule has 0 spiro atoms. The third-order valence-corrected chi connectivity index (χ3v) is 4.28. The van der Waals surface area contributed by atoms with E-state index in [1.807, 2.05) is 0 Å². The highest BCUT2D eigenvalue weighted by Gasteiger charge is 2.42. The fourth-order valence-corrected chi connectivity index (χ4v) is 2.80. The average Bonchev–Trinajstić information content (AvgIpc) is 3.27. The van der Waals surface area contributed by atoms with Crippen LogP contribution >= 0.6 is 0 Å². The zero-order valence-electron chi connectivity index (χ0n) is 13.1. The lowest BCUT2D eigenvalue weighted by Crippen LogP contribution is -2.14. The second-order valence-corrected chi connectivity index (χ2v) is 6.10. The molecule has 1 fully saturated rings. The summed E-state index contributed by atoms with van der Waals surface area (Å²) in [5.74, 6) is 0.702. The van der Waals surface area contributed by atoms with Crippen molar-refractivity contribution >= 4 is 17.3 Å². The molecule has 1 aromatic carbocycles. The number of hydrogen-bond donors (Lipinski definition) is 1. The summed E-state index contributed by atoms with van der Waals surface area (Å²) in [5, 5.41) is 13.4. The maximum atomic E-state index is 12.1. The molecule has 1 aliphatic rings. The van der Waals surface area contributed by atoms with Gasteiger partial charge in [0.2, 0.25) is 5.91 Å². The number of nitrogens with zero attached hydrogens (tertiary/aromatic N) is 1. The van der Waals surface area contributed by atoms with Gasteiger partial charge >= 0.3 is 0 Å². The molecule has 1 amide bonds. The van der Waals surface area contributed by atoms with E-state index in [0.29, 0.717) is 11.6 Å². The molecule has 0 bridgehead atoms. The first-order chi connectivity index (χ1) is 10.6. The third-order valence-electron chi connectivity index (χ3n) is 4.28. The van der Waals surface area contributed by atoms with Crippen molar-refractivity contribution in [3.8, 4) is 0 Å². The molecule has 5 nitrogen and oxygen atoms in total. The van der Waals surface area contributed by atoms with Gasteiger partial charge in [0.15, 0.2) is 0 Å². The summed E-state index contributed by atoms with van der Waals surface area (Å²) in [5.41, 5.74) is 0.665. The van der Waals surface area contributed by atoms with E-state index < -0.39 is 4.92 Å². The fraction of sp³-hybridized carbons (Fsp3) is 0.588. The molecular formula is C17H24N2O3. The van der Waals surface area contributed by atoms with Gasteiger partial charge in [0.25, 0.3) is 5.69 Å². The monoisotopic (exact) mass is 304 g/mol. The van der Waals surface area contributed by atoms with Crippen LogP contribution in [0.25, 0.3) is 0 Å². The zero-order valence-corrected chi connectivity index (χ0v) is 13.1. The van der Waals surface area contributed by atoms with Crippen LogP contribution in [0, 0.1) is 22.0 Å². The van der Waals surface area contributed by atoms with Gasteiger partial charge in [-0.05, 0) is 30.9 Å². The number of benzene rings is 1. The van der Waals surface area contributed by atoms with Crippen LogP contribution in [0.3, 0.4) is 0 Å². The molecule has 2 unspecified atom stereocenters. The van der Waals surface area contributed by atoms with Gasteiger partial charge in [-0.15, -0.1) is 0 Å². The van der Waals surface area contributed by atoms with Crippen LogP contribution < -0.4 is 5.32 Å². The van der Waals surface area contributed by atoms with Gasteiger partial charge in [-0.3, -0.25) is 14.9 Å². The predicted octanol–water partition coefficient (Wildman–Crippen LogP) is 4.53. The second kappa shape index (κ2) is 7.92. The van der Waals surface area contributed by atoms with E-state index in [2.05, 4.69) is 12.2 Å². The van der Waals surface area contributed by atoms with Gasteiger partial charge in [-0.2, -0.15) is 0 Å². The number of unbranched alkanes of at least 4 members (excludes halogenated alkanes) is 4. The summed E-state index contributed by atoms with van der Waals surface area (Å²) < 4.78 is 0. The molecule has 22 heavy (non-hydrogen) atoms. The maximum absolute atomic E-state index is 12.1. The van der Waals surface area contributed by atoms with Crippen molar-refractivity contribution in [2.45, 2.75) is 51.9 Å². The Kier molecular flexibility index (Phi) is 5.92. The summed E-state index contributed by atoms with van der Waals surface area (Å²) in [6, 6.07) is 5.98. The summed E-state index contributed by atoms with van der Waals surface area (Å²) in [6.45, 7) is 2.21. The highest BCUT2D eigenvalue weighted by Crippen LogP contribution is 2.43. The summed E-state index contributed by atoms with van der Waals surface area (Å²) in [7, 11) is 0. The van der Waals surface area contributed by atoms with Crippen LogP contribution in [0.2, 0.25) is 0 Å². The Hall–Kier alpha value is -1.91. The van der Waals surface area contributed by atoms with Crippen LogP contribution in [-0.4, -0.2) is 10.8 Å². The summed E-state index contributed by atoms with van der Waals surface area (Å²) in [6.07, 6.45) is 8.45. The molecule has 1 aliphatic carbocycles. The number of nitrogens with one attached hydrogen (secondary N) is 1. The molecule has 2 rings (SSSR count). The van der Waals surface area contributed by atoms with Gasteiger partial charge in [0.05, 0.1) is 4.92 Å². The van der Waals surface area contributed by atoms with Gasteiger partial charge in [-0.25, -0.2) is 0 Å². The highest BCUT2D eigenvalue weighted by molar-refractivity contribution is 5.94. The molecule has 2 atom stereocenters. The lowest BCUT2D eigenvalue weighted by atomic mass is 10.1. The molecule has 1 aromatic rings. The smallest absolute Gasteiger partial charge is 0.269 e. The quantitative estimate of drug-likeness (QED) is 0.414. The van der Waals surface area contributed by atoms with E-state index >= 15 is 0 Å². The predicted molar refractivity (Wildman–Crippen MR) is 86.7 cm³/mol. The maximum Gasteiger partial charge on any atom is 0.269 e. The Morgan fingerprint density at radius 1 is 1.23 bits per heavy atom. The fourth-order valence-electron chi connectivity index (χ4n) is 2.80. The van der Waals surface area contributed by atoms with Crippen LogP contribution in [0.5, 0.6) is 0 Å². The molecule has 1 N–H and O–H groups in total. The lowest BCUT2D eigenvalue weighted by Gasteiger charge is -2.05. The Bertz CT molecular complexity index is 513. The van der Waals surface area contributed by atoms with Gasteiger partial charge in [-0.1, -0.05) is 39.0 Å². The number of carbonyl (C=O) groups excluding carboxylic acids is 1. The third kappa shape index (κ3) is 4.83. The molecule has 5 heteroatoms. The molecular weight excluding hydrogens is 280 g/mol. The normalized spacial score (nSPS) is 19.7. The van der Waals surface area contributed by atoms with E-state index in [-0.39, 0.29) is 17.5 Å². The summed E-state index contributed by atoms with van der Waals surface area (Å²) >= 11 is 0. The van der Waals surface area contributed by atoms with Gasteiger partial charge < -0.3 is 5.32 Å². The molecule has 0 heterocycles. The highest BCUT2D eigenvalue weighted by atomic mass is 16.6. The van der Waals surface area contributed by atoms with Crippen molar-refractivity contribution in [3.05, 3.63) is 34.4 Å². The minimum atomic E-state index is -0.443. The average molecular weight is 304 g/mol. The zero-order chi connectivity index (χ0) is 15.9. The summed E-state index contributed by atoms with van der Waals surface area (Å²) in [4.78, 5) is 22.2. The van der Waals surface area contributed by atoms with Crippen LogP contribution in [-0.2, 0) is 4.79 Å². The van der Waals surface area contributed by atoms with E-state index in [1.54, 1.807) is 12.1 Å². The van der Waals surface area contributed by atoms with Gasteiger partial charge in [0, 0.05) is 23.7 Å². The van der Waals surface area contributed by atoms with Crippen molar-refractivity contribution in [2.75, 3.05) is 5.32 Å². The Morgan fingerprint density at radius 2 is 1.91 bits per heavy atom. The van der Waals surface area contributed by atoms with E-state index in [0.717, 1.165) is 12.8 Å². The largest absolute Gasteiger partial charge is 0.326 e. The molecule has 0 saturated heterocycles. The number of hydrogen-bond acceptors (Lipinski definition) is 3. The molecule has 0 radical (unpaired) electrons. The van der Waals surface area contributed by atoms with Crippen molar-refractivity contribution in [2.24, 2.45) is 11.8 Å². The molecule has 0 aliphatic heterocycles. The minimum Gasteiger partial charge on any atom is -0.326 e. The second-order valence-electron chi connectivity index (χ2n) is 6.10. The lowest BCUT2D eigenvalue weighted by molar-refractivity contribution is -0.384. The number of rotatable bonds is 9. The number of nitro benzene ring substituents is 1. The number of amides is 1. The van der Waals surface area contributed by atoms with E-state index in [9.17, 15) is 14.9 Å². The van der Waals surface area contributed by atoms with E-state index in [1.165, 1.54) is 44.2 Å². The number of carbonyl (C=O) groups is 1. The topological polar surface area (TPSA) is 72.2 Å². The molecule has 0 aromatic heterocycles. The number of nitro groups is 1. The van der Waals surface area contributed by atoms with Crippen molar-refractivity contribution in [3.63, 3.8) is 0 Å². The SMILES string of the molecule is CCCCCCCC1CC1C(=O)Nc1ccc([N+](=O)[O-])cc1. The Labute approximate surface area is 131 Å². The van der Waals surface area contributed by atoms with E-state index in [4.69, 9.17) is 0 Å². The first-order valence-electron chi connectivity index (χ1n) is 8.17. The molecule has 1 saturated carbocycles. The van der Waals surface area contributed by atoms with Crippen molar-refractivity contribution in [1.29, 1.82) is 0 Å². The standard InChI is InChI=1S/C17H24N2O3/c1-2-3-4-5-6-7-13-12-16(13)17(20)18-14-8-10-15(11-9-14)19(21)22/h8-11,13,16H,2-7,12H2,1H3,(H,18,20). The number of anilines is 1. The van der Waals surface area contributed by atoms with Crippen molar-refractivity contribution < 1.29 is 9.72 Å². The first-order valence-corrected chi connectivity index (χ1v) is 8.17. The minimum absolute atomic E-state index is 0.0365.